The summed E-state index contributed by atoms with van der Waals surface area (Å²) in [5.74, 6) is -0.193. The van der Waals surface area contributed by atoms with Gasteiger partial charge in [-0.1, -0.05) is 45.1 Å². The maximum Gasteiger partial charge on any atom is 0.302 e. The number of aliphatic hydroxyl groups is 2. The number of carbonyl (C=O) groups is 1. The Morgan fingerprint density at radius 2 is 1.93 bits per heavy atom. The lowest BCUT2D eigenvalue weighted by Gasteiger charge is -2.62. The first kappa shape index (κ1) is 20.6. The molecule has 1 unspecified atom stereocenters. The lowest BCUT2D eigenvalue weighted by atomic mass is 9.44. The molecule has 0 amide bonds. The molecule has 2 aliphatic carbocycles. The predicted molar refractivity (Wildman–Crippen MR) is 103 cm³/mol. The van der Waals surface area contributed by atoms with E-state index in [0.717, 1.165) is 12.0 Å². The molecule has 27 heavy (non-hydrogen) atoms. The van der Waals surface area contributed by atoms with Crippen molar-refractivity contribution in [2.45, 2.75) is 77.8 Å². The fourth-order valence-electron chi connectivity index (χ4n) is 6.05. The van der Waals surface area contributed by atoms with Crippen molar-refractivity contribution >= 4 is 5.97 Å². The molecule has 0 bridgehead atoms. The van der Waals surface area contributed by atoms with Crippen molar-refractivity contribution in [3.63, 3.8) is 0 Å². The van der Waals surface area contributed by atoms with Crippen molar-refractivity contribution in [2.75, 3.05) is 6.61 Å². The molecule has 3 rings (SSSR count). The summed E-state index contributed by atoms with van der Waals surface area (Å²) in [6.45, 7) is 14.1. The van der Waals surface area contributed by atoms with Gasteiger partial charge in [-0.15, -0.1) is 0 Å². The molecule has 5 nitrogen and oxygen atoms in total. The second-order valence-corrected chi connectivity index (χ2v) is 9.61. The molecule has 2 saturated carbocycles. The van der Waals surface area contributed by atoms with E-state index in [2.05, 4.69) is 19.6 Å². The summed E-state index contributed by atoms with van der Waals surface area (Å²) in [5, 5.41) is 21.9. The highest BCUT2D eigenvalue weighted by molar-refractivity contribution is 5.66. The number of hydrogen-bond donors (Lipinski definition) is 2. The molecule has 7 atom stereocenters. The Morgan fingerprint density at radius 3 is 2.44 bits per heavy atom. The van der Waals surface area contributed by atoms with Gasteiger partial charge in [-0.2, -0.15) is 0 Å². The highest BCUT2D eigenvalue weighted by atomic mass is 16.6. The first-order valence-electron chi connectivity index (χ1n) is 9.95. The van der Waals surface area contributed by atoms with Crippen LogP contribution in [0.4, 0.5) is 0 Å². The Kier molecular flexibility index (Phi) is 5.11. The van der Waals surface area contributed by atoms with E-state index in [1.54, 1.807) is 0 Å². The zero-order valence-corrected chi connectivity index (χ0v) is 17.2. The number of esters is 1. The van der Waals surface area contributed by atoms with Crippen LogP contribution < -0.4 is 0 Å². The normalized spacial score (nSPS) is 45.9. The summed E-state index contributed by atoms with van der Waals surface area (Å²) in [4.78, 5) is 11.6. The summed E-state index contributed by atoms with van der Waals surface area (Å²) in [5.41, 5.74) is -0.142. The number of aliphatic hydroxyl groups excluding tert-OH is 2. The number of rotatable bonds is 4. The molecule has 152 valence electrons. The van der Waals surface area contributed by atoms with Gasteiger partial charge in [0.2, 0.25) is 0 Å². The highest BCUT2D eigenvalue weighted by Gasteiger charge is 2.71. The molecular weight excluding hydrogens is 344 g/mol. The van der Waals surface area contributed by atoms with E-state index in [9.17, 15) is 15.0 Å². The number of ether oxygens (including phenoxy) is 2. The lowest BCUT2D eigenvalue weighted by molar-refractivity contribution is -0.227. The van der Waals surface area contributed by atoms with E-state index in [1.165, 1.54) is 6.92 Å². The SMILES string of the molecule is C=C/C(C)=C/C[C@@H]1[C@]2(CO2)[C@H](O)CC2C(C)(C)[C@@H](O)[C@H](OC(C)=O)C[C@@]21C. The number of fused-ring (bicyclic) bond motifs is 1. The van der Waals surface area contributed by atoms with Gasteiger partial charge in [0, 0.05) is 12.8 Å². The van der Waals surface area contributed by atoms with Gasteiger partial charge in [0.1, 0.15) is 11.7 Å². The Morgan fingerprint density at radius 1 is 1.30 bits per heavy atom. The summed E-state index contributed by atoms with van der Waals surface area (Å²) < 4.78 is 11.4. The Balaban J connectivity index is 2.03. The number of hydrogen-bond acceptors (Lipinski definition) is 5. The van der Waals surface area contributed by atoms with Crippen LogP contribution in [0, 0.1) is 22.7 Å². The minimum Gasteiger partial charge on any atom is -0.460 e. The van der Waals surface area contributed by atoms with Gasteiger partial charge in [0.15, 0.2) is 0 Å². The van der Waals surface area contributed by atoms with Gasteiger partial charge in [-0.25, -0.2) is 0 Å². The van der Waals surface area contributed by atoms with E-state index in [-0.39, 0.29) is 23.2 Å². The van der Waals surface area contributed by atoms with Crippen LogP contribution in [0.5, 0.6) is 0 Å². The van der Waals surface area contributed by atoms with Crippen LogP contribution in [0.1, 0.15) is 53.9 Å². The number of allylic oxidation sites excluding steroid dienone is 3. The van der Waals surface area contributed by atoms with E-state index < -0.39 is 29.3 Å². The molecule has 0 aromatic rings. The Hall–Kier alpha value is -1.17. The maximum atomic E-state index is 11.6. The standard InChI is InChI=1S/C22H34O5/c1-7-13(2)8-9-16-21(6)11-15(27-14(3)23)19(25)20(4,5)17(21)10-18(24)22(16)12-26-22/h7-8,15-19,24-25H,1,9-12H2,2-6H3/b13-8+/t15-,16+,17?,18-,19+,21-,22-/m1/s1. The minimum absolute atomic E-state index is 0.0819. The number of carbonyl (C=O) groups excluding carboxylic acids is 1. The van der Waals surface area contributed by atoms with Crippen LogP contribution >= 0.6 is 0 Å². The maximum absolute atomic E-state index is 11.6. The largest absolute Gasteiger partial charge is 0.460 e. The Bertz CT molecular complexity index is 647. The van der Waals surface area contributed by atoms with Crippen LogP contribution in [0.25, 0.3) is 0 Å². The van der Waals surface area contributed by atoms with Crippen molar-refractivity contribution in [1.29, 1.82) is 0 Å². The van der Waals surface area contributed by atoms with Crippen molar-refractivity contribution in [2.24, 2.45) is 22.7 Å². The summed E-state index contributed by atoms with van der Waals surface area (Å²) in [6, 6.07) is 0. The minimum atomic E-state index is -0.757. The molecule has 5 heteroatoms. The molecule has 1 heterocycles. The monoisotopic (exact) mass is 378 g/mol. The lowest BCUT2D eigenvalue weighted by Crippen LogP contribution is -2.66. The summed E-state index contributed by atoms with van der Waals surface area (Å²) >= 11 is 0. The zero-order valence-electron chi connectivity index (χ0n) is 17.2. The van der Waals surface area contributed by atoms with Crippen LogP contribution in [0.2, 0.25) is 0 Å². The van der Waals surface area contributed by atoms with Crippen LogP contribution in [0.3, 0.4) is 0 Å². The van der Waals surface area contributed by atoms with Gasteiger partial charge in [0.05, 0.1) is 18.8 Å². The van der Waals surface area contributed by atoms with E-state index in [1.807, 2.05) is 26.8 Å². The first-order valence-corrected chi connectivity index (χ1v) is 9.95. The van der Waals surface area contributed by atoms with Crippen molar-refractivity contribution in [3.8, 4) is 0 Å². The molecule has 0 aromatic heterocycles. The zero-order chi connectivity index (χ0) is 20.2. The molecule has 1 aliphatic heterocycles. The van der Waals surface area contributed by atoms with Gasteiger partial charge < -0.3 is 19.7 Å². The average molecular weight is 379 g/mol. The molecule has 3 aliphatic rings. The second kappa shape index (κ2) is 6.71. The van der Waals surface area contributed by atoms with Gasteiger partial charge in [0.25, 0.3) is 0 Å². The van der Waals surface area contributed by atoms with Crippen LogP contribution in [-0.2, 0) is 14.3 Å². The number of epoxide rings is 1. The smallest absolute Gasteiger partial charge is 0.302 e. The molecule has 3 fully saturated rings. The highest BCUT2D eigenvalue weighted by Crippen LogP contribution is 2.66. The van der Waals surface area contributed by atoms with Crippen molar-refractivity contribution in [1.82, 2.24) is 0 Å². The Labute approximate surface area is 162 Å². The molecule has 0 aromatic carbocycles. The molecule has 1 spiro atoms. The molecule has 2 N–H and O–H groups in total. The van der Waals surface area contributed by atoms with E-state index >= 15 is 0 Å². The molecular formula is C22H34O5. The van der Waals surface area contributed by atoms with Gasteiger partial charge in [-0.05, 0) is 42.9 Å². The van der Waals surface area contributed by atoms with Crippen molar-refractivity contribution < 1.29 is 24.5 Å². The van der Waals surface area contributed by atoms with Gasteiger partial charge >= 0.3 is 5.97 Å². The van der Waals surface area contributed by atoms with Crippen LogP contribution in [0.15, 0.2) is 24.3 Å². The predicted octanol–water partition coefficient (Wildman–Crippen LogP) is 3.00. The molecule has 1 saturated heterocycles. The molecule has 0 radical (unpaired) electrons. The fraction of sp³-hybridized carbons (Fsp3) is 0.773. The second-order valence-electron chi connectivity index (χ2n) is 9.61. The third-order valence-corrected chi connectivity index (χ3v) is 7.65. The van der Waals surface area contributed by atoms with Crippen LogP contribution in [-0.4, -0.2) is 46.7 Å². The third kappa shape index (κ3) is 3.18. The third-order valence-electron chi connectivity index (χ3n) is 7.65. The van der Waals surface area contributed by atoms with Crippen molar-refractivity contribution in [3.05, 3.63) is 24.3 Å². The fourth-order valence-corrected chi connectivity index (χ4v) is 6.05. The summed E-state index contributed by atoms with van der Waals surface area (Å²) in [6.07, 6.45) is 4.06. The quantitative estimate of drug-likeness (QED) is 0.447. The van der Waals surface area contributed by atoms with E-state index in [0.29, 0.717) is 19.4 Å². The van der Waals surface area contributed by atoms with E-state index in [4.69, 9.17) is 9.47 Å². The summed E-state index contributed by atoms with van der Waals surface area (Å²) in [7, 11) is 0. The van der Waals surface area contributed by atoms with Gasteiger partial charge in [-0.3, -0.25) is 4.79 Å². The first-order chi connectivity index (χ1) is 12.5. The average Bonchev–Trinajstić information content (AvgIpc) is 3.36. The topological polar surface area (TPSA) is 79.3 Å².